The molecule has 0 saturated heterocycles. The van der Waals surface area contributed by atoms with Gasteiger partial charge in [0.2, 0.25) is 0 Å². The van der Waals surface area contributed by atoms with Crippen molar-refractivity contribution in [2.75, 3.05) is 11.4 Å². The summed E-state index contributed by atoms with van der Waals surface area (Å²) < 4.78 is 0. The third kappa shape index (κ3) is 2.96. The molecule has 1 aromatic carbocycles. The van der Waals surface area contributed by atoms with Gasteiger partial charge in [-0.1, -0.05) is 29.9 Å². The van der Waals surface area contributed by atoms with Gasteiger partial charge >= 0.3 is 0 Å². The molecule has 0 atom stereocenters. The van der Waals surface area contributed by atoms with Gasteiger partial charge in [-0.2, -0.15) is 0 Å². The number of thiocarbonyl (C=S) groups is 1. The van der Waals surface area contributed by atoms with Crippen molar-refractivity contribution in [3.8, 4) is 0 Å². The van der Waals surface area contributed by atoms with E-state index in [0.29, 0.717) is 4.99 Å². The van der Waals surface area contributed by atoms with Crippen LogP contribution in [-0.4, -0.2) is 16.5 Å². The van der Waals surface area contributed by atoms with Crippen LogP contribution in [0.3, 0.4) is 0 Å². The molecule has 2 rings (SSSR count). The van der Waals surface area contributed by atoms with Crippen LogP contribution in [0.5, 0.6) is 0 Å². The summed E-state index contributed by atoms with van der Waals surface area (Å²) in [5.74, 6) is 0.823. The lowest BCUT2D eigenvalue weighted by atomic mass is 10.1. The van der Waals surface area contributed by atoms with Crippen LogP contribution in [-0.2, 0) is 0 Å². The molecule has 1 heterocycles. The molecular weight excluding hydrogens is 266 g/mol. The molecule has 0 fully saturated rings. The highest BCUT2D eigenvalue weighted by Gasteiger charge is 2.15. The monoisotopic (exact) mass is 285 g/mol. The number of hydrogen-bond donors (Lipinski definition) is 1. The van der Waals surface area contributed by atoms with Crippen molar-refractivity contribution in [3.05, 3.63) is 53.2 Å². The van der Waals surface area contributed by atoms with Crippen LogP contribution in [0.25, 0.3) is 0 Å². The van der Waals surface area contributed by atoms with Crippen LogP contribution >= 0.6 is 12.2 Å². The second-order valence-electron chi connectivity index (χ2n) is 4.77. The molecule has 0 unspecified atom stereocenters. The van der Waals surface area contributed by atoms with E-state index >= 15 is 0 Å². The number of nitrogens with zero attached hydrogens (tertiary/aromatic N) is 2. The molecular formula is C16H19N3S. The fourth-order valence-electron chi connectivity index (χ4n) is 2.12. The number of aryl methyl sites for hydroxylation is 2. The van der Waals surface area contributed by atoms with Crippen molar-refractivity contribution >= 4 is 28.7 Å². The lowest BCUT2D eigenvalue weighted by Gasteiger charge is -2.25. The molecule has 4 heteroatoms. The maximum absolute atomic E-state index is 5.82. The zero-order valence-electron chi connectivity index (χ0n) is 12.1. The second-order valence-corrected chi connectivity index (χ2v) is 5.21. The Hall–Kier alpha value is -1.94. The van der Waals surface area contributed by atoms with Crippen molar-refractivity contribution in [1.29, 1.82) is 0 Å². The van der Waals surface area contributed by atoms with Crippen molar-refractivity contribution in [1.82, 2.24) is 4.98 Å². The standard InChI is InChI=1S/C16H19N3S/c1-4-19(13-8-5-11(2)6-9-13)16-14(15(17)20)10-7-12(3)18-16/h5-10H,4H2,1-3H3,(H2,17,20). The summed E-state index contributed by atoms with van der Waals surface area (Å²) in [7, 11) is 0. The predicted octanol–water partition coefficient (Wildman–Crippen LogP) is 3.49. The van der Waals surface area contributed by atoms with E-state index < -0.39 is 0 Å². The molecule has 2 aromatic rings. The molecule has 2 N–H and O–H groups in total. The van der Waals surface area contributed by atoms with Gasteiger partial charge in [-0.05, 0) is 45.0 Å². The molecule has 1 aromatic heterocycles. The third-order valence-electron chi connectivity index (χ3n) is 3.20. The van der Waals surface area contributed by atoms with Gasteiger partial charge < -0.3 is 10.6 Å². The molecule has 0 spiro atoms. The Morgan fingerprint density at radius 1 is 1.15 bits per heavy atom. The molecule has 0 saturated carbocycles. The Morgan fingerprint density at radius 2 is 1.80 bits per heavy atom. The molecule has 0 radical (unpaired) electrons. The highest BCUT2D eigenvalue weighted by molar-refractivity contribution is 7.80. The summed E-state index contributed by atoms with van der Waals surface area (Å²) in [6.07, 6.45) is 0. The van der Waals surface area contributed by atoms with Crippen molar-refractivity contribution in [2.45, 2.75) is 20.8 Å². The van der Waals surface area contributed by atoms with Crippen LogP contribution in [0.15, 0.2) is 36.4 Å². The topological polar surface area (TPSA) is 42.2 Å². The van der Waals surface area contributed by atoms with E-state index in [4.69, 9.17) is 18.0 Å². The molecule has 0 bridgehead atoms. The third-order valence-corrected chi connectivity index (χ3v) is 3.42. The van der Waals surface area contributed by atoms with Gasteiger partial charge in [0.1, 0.15) is 10.8 Å². The zero-order chi connectivity index (χ0) is 14.7. The Kier molecular flexibility index (Phi) is 4.35. The first-order valence-corrected chi connectivity index (χ1v) is 7.05. The highest BCUT2D eigenvalue weighted by Crippen LogP contribution is 2.27. The van der Waals surface area contributed by atoms with Crippen LogP contribution < -0.4 is 10.6 Å². The molecule has 20 heavy (non-hydrogen) atoms. The number of pyridine rings is 1. The van der Waals surface area contributed by atoms with Crippen LogP contribution in [0.1, 0.15) is 23.7 Å². The van der Waals surface area contributed by atoms with Gasteiger partial charge in [-0.25, -0.2) is 4.98 Å². The largest absolute Gasteiger partial charge is 0.389 e. The van der Waals surface area contributed by atoms with Gasteiger partial charge in [0.15, 0.2) is 0 Å². The predicted molar refractivity (Wildman–Crippen MR) is 88.7 cm³/mol. The molecule has 0 aliphatic heterocycles. The van der Waals surface area contributed by atoms with Crippen LogP contribution in [0, 0.1) is 13.8 Å². The minimum Gasteiger partial charge on any atom is -0.389 e. The van der Waals surface area contributed by atoms with Gasteiger partial charge in [0.05, 0.1) is 5.56 Å². The average molecular weight is 285 g/mol. The quantitative estimate of drug-likeness (QED) is 0.873. The van der Waals surface area contributed by atoms with Gasteiger partial charge in [0, 0.05) is 17.9 Å². The Balaban J connectivity index is 2.53. The van der Waals surface area contributed by atoms with E-state index in [1.54, 1.807) is 0 Å². The molecule has 0 aliphatic rings. The SMILES string of the molecule is CCN(c1ccc(C)cc1)c1nc(C)ccc1C(N)=S. The number of anilines is 2. The van der Waals surface area contributed by atoms with Crippen LogP contribution in [0.4, 0.5) is 11.5 Å². The summed E-state index contributed by atoms with van der Waals surface area (Å²) in [6.45, 7) is 6.93. The van der Waals surface area contributed by atoms with Crippen LogP contribution in [0.2, 0.25) is 0 Å². The molecule has 104 valence electrons. The van der Waals surface area contributed by atoms with E-state index in [2.05, 4.69) is 48.0 Å². The lowest BCUT2D eigenvalue weighted by molar-refractivity contribution is 0.976. The second kappa shape index (κ2) is 6.01. The summed E-state index contributed by atoms with van der Waals surface area (Å²) in [4.78, 5) is 7.12. The maximum atomic E-state index is 5.82. The van der Waals surface area contributed by atoms with Gasteiger partial charge in [-0.3, -0.25) is 0 Å². The fraction of sp³-hybridized carbons (Fsp3) is 0.250. The first kappa shape index (κ1) is 14.5. The maximum Gasteiger partial charge on any atom is 0.143 e. The normalized spacial score (nSPS) is 10.3. The molecule has 0 aliphatic carbocycles. The number of nitrogens with two attached hydrogens (primary N) is 1. The summed E-state index contributed by atoms with van der Waals surface area (Å²) in [5, 5.41) is 0. The Bertz CT molecular complexity index is 620. The smallest absolute Gasteiger partial charge is 0.143 e. The molecule has 0 amide bonds. The summed E-state index contributed by atoms with van der Waals surface area (Å²) >= 11 is 5.14. The minimum absolute atomic E-state index is 0.373. The zero-order valence-corrected chi connectivity index (χ0v) is 12.9. The number of hydrogen-bond acceptors (Lipinski definition) is 3. The average Bonchev–Trinajstić information content (AvgIpc) is 2.41. The fourth-order valence-corrected chi connectivity index (χ4v) is 2.28. The van der Waals surface area contributed by atoms with E-state index in [9.17, 15) is 0 Å². The van der Waals surface area contributed by atoms with E-state index in [1.165, 1.54) is 5.56 Å². The number of aromatic nitrogens is 1. The van der Waals surface area contributed by atoms with Crippen molar-refractivity contribution < 1.29 is 0 Å². The van der Waals surface area contributed by atoms with E-state index in [0.717, 1.165) is 29.3 Å². The highest BCUT2D eigenvalue weighted by atomic mass is 32.1. The van der Waals surface area contributed by atoms with Crippen molar-refractivity contribution in [3.63, 3.8) is 0 Å². The Morgan fingerprint density at radius 3 is 2.35 bits per heavy atom. The summed E-state index contributed by atoms with van der Waals surface area (Å²) in [5.41, 5.74) is 9.91. The van der Waals surface area contributed by atoms with E-state index in [-0.39, 0.29) is 0 Å². The van der Waals surface area contributed by atoms with Crippen molar-refractivity contribution in [2.24, 2.45) is 5.73 Å². The Labute approximate surface area is 125 Å². The number of benzene rings is 1. The number of rotatable bonds is 4. The minimum atomic E-state index is 0.373. The first-order valence-electron chi connectivity index (χ1n) is 6.64. The first-order chi connectivity index (χ1) is 9.52. The van der Waals surface area contributed by atoms with E-state index in [1.807, 2.05) is 19.1 Å². The lowest BCUT2D eigenvalue weighted by Crippen LogP contribution is -2.23. The molecule has 3 nitrogen and oxygen atoms in total. The summed E-state index contributed by atoms with van der Waals surface area (Å²) in [6, 6.07) is 12.2. The van der Waals surface area contributed by atoms with Gasteiger partial charge in [-0.15, -0.1) is 0 Å². The van der Waals surface area contributed by atoms with Gasteiger partial charge in [0.25, 0.3) is 0 Å².